The second-order valence-corrected chi connectivity index (χ2v) is 8.75. The van der Waals surface area contributed by atoms with Gasteiger partial charge in [-0.05, 0) is 37.5 Å². The summed E-state index contributed by atoms with van der Waals surface area (Å²) in [4.78, 5) is 38.7. The molecule has 1 atom stereocenters. The number of thiophene rings is 1. The van der Waals surface area contributed by atoms with Gasteiger partial charge in [0, 0.05) is 35.6 Å². The van der Waals surface area contributed by atoms with Crippen LogP contribution in [-0.2, 0) is 4.74 Å². The quantitative estimate of drug-likeness (QED) is 0.512. The summed E-state index contributed by atoms with van der Waals surface area (Å²) >= 11 is 0.942. The van der Waals surface area contributed by atoms with Gasteiger partial charge in [0.05, 0.1) is 12.3 Å². The van der Waals surface area contributed by atoms with Crippen LogP contribution in [0, 0.1) is 11.6 Å². The van der Waals surface area contributed by atoms with E-state index in [9.17, 15) is 23.2 Å². The maximum atomic E-state index is 14.2. The third-order valence-electron chi connectivity index (χ3n) is 5.13. The Labute approximate surface area is 194 Å². The molecule has 0 spiro atoms. The van der Waals surface area contributed by atoms with Crippen LogP contribution < -0.4 is 16.4 Å². The molecule has 0 saturated carbocycles. The molecular formula is C22H26F2N4O4S. The molecule has 33 heavy (non-hydrogen) atoms. The van der Waals surface area contributed by atoms with Gasteiger partial charge in [-0.3, -0.25) is 4.79 Å². The Morgan fingerprint density at radius 3 is 2.76 bits per heavy atom. The Balaban J connectivity index is 1.75. The number of nitrogens with one attached hydrogen (secondary N) is 2. The SMILES string of the molecule is CCCCOC(=O)N1CCC[C@H](NC(=O)c2sc(-c3ccc(F)cc3F)cc2NC(N)=O)C1. The molecule has 1 aliphatic rings. The van der Waals surface area contributed by atoms with E-state index in [1.54, 1.807) is 4.90 Å². The highest BCUT2D eigenvalue weighted by molar-refractivity contribution is 7.18. The third kappa shape index (κ3) is 6.41. The van der Waals surface area contributed by atoms with Gasteiger partial charge < -0.3 is 26.0 Å². The number of unbranched alkanes of at least 4 members (excludes halogenated alkanes) is 1. The van der Waals surface area contributed by atoms with Gasteiger partial charge in [0.1, 0.15) is 16.5 Å². The van der Waals surface area contributed by atoms with Crippen LogP contribution in [0.2, 0.25) is 0 Å². The lowest BCUT2D eigenvalue weighted by Gasteiger charge is -2.32. The van der Waals surface area contributed by atoms with E-state index in [4.69, 9.17) is 10.5 Å². The first-order valence-corrected chi connectivity index (χ1v) is 11.5. The Morgan fingerprint density at radius 1 is 1.27 bits per heavy atom. The van der Waals surface area contributed by atoms with Crippen molar-refractivity contribution in [2.75, 3.05) is 25.0 Å². The number of rotatable bonds is 7. The molecular weight excluding hydrogens is 454 g/mol. The minimum absolute atomic E-state index is 0.0895. The molecule has 2 heterocycles. The van der Waals surface area contributed by atoms with Crippen LogP contribution in [0.4, 0.5) is 24.1 Å². The summed E-state index contributed by atoms with van der Waals surface area (Å²) in [7, 11) is 0. The molecule has 3 rings (SSSR count). The van der Waals surface area contributed by atoms with Crippen LogP contribution in [-0.4, -0.2) is 48.7 Å². The number of carbonyl (C=O) groups is 3. The molecule has 8 nitrogen and oxygen atoms in total. The Bertz CT molecular complexity index is 1030. The maximum Gasteiger partial charge on any atom is 0.409 e. The number of urea groups is 1. The lowest BCUT2D eigenvalue weighted by Crippen LogP contribution is -2.49. The zero-order chi connectivity index (χ0) is 24.0. The fourth-order valence-corrected chi connectivity index (χ4v) is 4.56. The van der Waals surface area contributed by atoms with E-state index in [2.05, 4.69) is 10.6 Å². The van der Waals surface area contributed by atoms with Gasteiger partial charge in [0.2, 0.25) is 0 Å². The standard InChI is InChI=1S/C22H26F2N4O4S/c1-2-3-9-32-22(31)28-8-4-5-14(12-28)26-20(29)19-17(27-21(25)30)11-18(33-19)15-7-6-13(23)10-16(15)24/h6-7,10-11,14H,2-5,8-9,12H2,1H3,(H,26,29)(H3,25,27,30)/t14-/m0/s1. The Morgan fingerprint density at radius 2 is 2.06 bits per heavy atom. The maximum absolute atomic E-state index is 14.2. The molecule has 0 aliphatic carbocycles. The number of ether oxygens (including phenoxy) is 1. The van der Waals surface area contributed by atoms with Crippen molar-refractivity contribution >= 4 is 35.1 Å². The number of likely N-dealkylation sites (tertiary alicyclic amines) is 1. The Hall–Kier alpha value is -3.21. The van der Waals surface area contributed by atoms with Crippen molar-refractivity contribution in [2.45, 2.75) is 38.6 Å². The van der Waals surface area contributed by atoms with Crippen LogP contribution in [0.1, 0.15) is 42.3 Å². The van der Waals surface area contributed by atoms with Crippen LogP contribution in [0.3, 0.4) is 0 Å². The highest BCUT2D eigenvalue weighted by Crippen LogP contribution is 2.36. The summed E-state index contributed by atoms with van der Waals surface area (Å²) < 4.78 is 32.8. The van der Waals surface area contributed by atoms with Gasteiger partial charge in [-0.2, -0.15) is 0 Å². The number of benzene rings is 1. The predicted octanol–water partition coefficient (Wildman–Crippen LogP) is 4.31. The van der Waals surface area contributed by atoms with Crippen LogP contribution in [0.25, 0.3) is 10.4 Å². The minimum atomic E-state index is -0.883. The molecule has 178 valence electrons. The zero-order valence-corrected chi connectivity index (χ0v) is 19.0. The number of piperidine rings is 1. The minimum Gasteiger partial charge on any atom is -0.449 e. The van der Waals surface area contributed by atoms with Crippen molar-refractivity contribution in [1.82, 2.24) is 10.2 Å². The number of hydrogen-bond donors (Lipinski definition) is 3. The summed E-state index contributed by atoms with van der Waals surface area (Å²) in [6.07, 6.45) is 2.64. The topological polar surface area (TPSA) is 114 Å². The van der Waals surface area contributed by atoms with Gasteiger partial charge in [-0.1, -0.05) is 13.3 Å². The second-order valence-electron chi connectivity index (χ2n) is 7.69. The molecule has 11 heteroatoms. The van der Waals surface area contributed by atoms with Gasteiger partial charge in [0.15, 0.2) is 0 Å². The number of nitrogens with two attached hydrogens (primary N) is 1. The first-order chi connectivity index (χ1) is 15.8. The average Bonchev–Trinajstić information content (AvgIpc) is 3.16. The second kappa shape index (κ2) is 11.1. The van der Waals surface area contributed by atoms with E-state index >= 15 is 0 Å². The first-order valence-electron chi connectivity index (χ1n) is 10.7. The van der Waals surface area contributed by atoms with Gasteiger partial charge in [-0.25, -0.2) is 18.4 Å². The number of primary amides is 1. The molecule has 1 saturated heterocycles. The molecule has 4 amide bonds. The monoisotopic (exact) mass is 480 g/mol. The normalized spacial score (nSPS) is 15.7. The van der Waals surface area contributed by atoms with E-state index in [1.165, 1.54) is 12.1 Å². The third-order valence-corrected chi connectivity index (χ3v) is 6.30. The summed E-state index contributed by atoms with van der Waals surface area (Å²) in [5.74, 6) is -2.02. The summed E-state index contributed by atoms with van der Waals surface area (Å²) in [5, 5.41) is 5.24. The van der Waals surface area contributed by atoms with Gasteiger partial charge in [0.25, 0.3) is 5.91 Å². The van der Waals surface area contributed by atoms with Crippen molar-refractivity contribution in [3.05, 3.63) is 40.8 Å². The summed E-state index contributed by atoms with van der Waals surface area (Å²) in [5.41, 5.74) is 5.43. The van der Waals surface area contributed by atoms with E-state index in [0.29, 0.717) is 37.4 Å². The number of nitrogens with zero attached hydrogens (tertiary/aromatic N) is 1. The van der Waals surface area contributed by atoms with Crippen molar-refractivity contribution in [2.24, 2.45) is 5.73 Å². The van der Waals surface area contributed by atoms with E-state index in [0.717, 1.165) is 36.3 Å². The lowest BCUT2D eigenvalue weighted by molar-refractivity contribution is 0.0798. The number of anilines is 1. The van der Waals surface area contributed by atoms with Crippen molar-refractivity contribution in [1.29, 1.82) is 0 Å². The molecule has 0 bridgehead atoms. The molecule has 1 aliphatic heterocycles. The molecule has 0 radical (unpaired) electrons. The number of carbonyl (C=O) groups excluding carboxylic acids is 3. The first kappa shape index (κ1) is 24.4. The molecule has 0 unspecified atom stereocenters. The highest BCUT2D eigenvalue weighted by Gasteiger charge is 2.28. The number of hydrogen-bond acceptors (Lipinski definition) is 5. The predicted molar refractivity (Wildman–Crippen MR) is 121 cm³/mol. The fraction of sp³-hybridized carbons (Fsp3) is 0.409. The number of amides is 4. The van der Waals surface area contributed by atoms with Crippen molar-refractivity contribution < 1.29 is 27.9 Å². The molecule has 1 aromatic heterocycles. The molecule has 4 N–H and O–H groups in total. The van der Waals surface area contributed by atoms with E-state index < -0.39 is 29.7 Å². The van der Waals surface area contributed by atoms with E-state index in [1.807, 2.05) is 6.92 Å². The smallest absolute Gasteiger partial charge is 0.409 e. The van der Waals surface area contributed by atoms with Gasteiger partial charge >= 0.3 is 12.1 Å². The molecule has 1 aromatic carbocycles. The summed E-state index contributed by atoms with van der Waals surface area (Å²) in [6, 6.07) is 3.32. The van der Waals surface area contributed by atoms with Crippen LogP contribution >= 0.6 is 11.3 Å². The van der Waals surface area contributed by atoms with Crippen molar-refractivity contribution in [3.63, 3.8) is 0 Å². The highest BCUT2D eigenvalue weighted by atomic mass is 32.1. The van der Waals surface area contributed by atoms with Gasteiger partial charge in [-0.15, -0.1) is 11.3 Å². The van der Waals surface area contributed by atoms with Crippen molar-refractivity contribution in [3.8, 4) is 10.4 Å². The lowest BCUT2D eigenvalue weighted by atomic mass is 10.1. The van der Waals surface area contributed by atoms with Crippen LogP contribution in [0.5, 0.6) is 0 Å². The molecule has 2 aromatic rings. The summed E-state index contributed by atoms with van der Waals surface area (Å²) in [6.45, 7) is 3.18. The zero-order valence-electron chi connectivity index (χ0n) is 18.2. The Kier molecular flexibility index (Phi) is 8.21. The van der Waals surface area contributed by atoms with E-state index in [-0.39, 0.29) is 22.2 Å². The average molecular weight is 481 g/mol. The fourth-order valence-electron chi connectivity index (χ4n) is 3.51. The van der Waals surface area contributed by atoms with Crippen LogP contribution in [0.15, 0.2) is 24.3 Å². The number of halogens is 2. The molecule has 1 fully saturated rings. The largest absolute Gasteiger partial charge is 0.449 e.